The van der Waals surface area contributed by atoms with Gasteiger partial charge < -0.3 is 15.4 Å². The standard InChI is InChI=1S/C14H21ClN2O2/c1-4-10(5-2)17-14(18)9-16-13-8-11(19-3)6-7-12(13)15/h6-8,10,16H,4-5,9H2,1-3H3,(H,17,18). The van der Waals surface area contributed by atoms with Crippen molar-refractivity contribution in [3.05, 3.63) is 23.2 Å². The molecule has 0 radical (unpaired) electrons. The summed E-state index contributed by atoms with van der Waals surface area (Å²) in [5.41, 5.74) is 0.695. The summed E-state index contributed by atoms with van der Waals surface area (Å²) in [4.78, 5) is 11.8. The number of amides is 1. The molecule has 0 spiro atoms. The molecular formula is C14H21ClN2O2. The van der Waals surface area contributed by atoms with Crippen LogP contribution in [0.3, 0.4) is 0 Å². The zero-order chi connectivity index (χ0) is 14.3. The predicted octanol–water partition coefficient (Wildman–Crippen LogP) is 3.07. The monoisotopic (exact) mass is 284 g/mol. The summed E-state index contributed by atoms with van der Waals surface area (Å²) in [5, 5.41) is 6.54. The summed E-state index contributed by atoms with van der Waals surface area (Å²) in [6.07, 6.45) is 1.87. The molecule has 0 fully saturated rings. The third kappa shape index (κ3) is 4.99. The lowest BCUT2D eigenvalue weighted by molar-refractivity contribution is -0.120. The number of methoxy groups -OCH3 is 1. The molecule has 1 rings (SSSR count). The van der Waals surface area contributed by atoms with E-state index >= 15 is 0 Å². The first kappa shape index (κ1) is 15.6. The third-order valence-electron chi connectivity index (χ3n) is 2.96. The maximum Gasteiger partial charge on any atom is 0.239 e. The van der Waals surface area contributed by atoms with Crippen LogP contribution in [0.2, 0.25) is 5.02 Å². The topological polar surface area (TPSA) is 50.4 Å². The van der Waals surface area contributed by atoms with E-state index in [0.717, 1.165) is 12.8 Å². The van der Waals surface area contributed by atoms with Gasteiger partial charge in [-0.25, -0.2) is 0 Å². The highest BCUT2D eigenvalue weighted by Crippen LogP contribution is 2.26. The number of rotatable bonds is 7. The number of ether oxygens (including phenoxy) is 1. The van der Waals surface area contributed by atoms with Crippen LogP contribution in [0.25, 0.3) is 0 Å². The van der Waals surface area contributed by atoms with E-state index in [1.807, 2.05) is 0 Å². The molecule has 5 heteroatoms. The Kier molecular flexibility index (Phi) is 6.50. The Morgan fingerprint density at radius 2 is 2.05 bits per heavy atom. The highest BCUT2D eigenvalue weighted by molar-refractivity contribution is 6.33. The Labute approximate surface area is 119 Å². The molecule has 1 aromatic carbocycles. The second-order valence-corrected chi connectivity index (χ2v) is 4.69. The third-order valence-corrected chi connectivity index (χ3v) is 3.29. The van der Waals surface area contributed by atoms with Crippen molar-refractivity contribution in [3.8, 4) is 5.75 Å². The molecule has 0 aliphatic rings. The van der Waals surface area contributed by atoms with Crippen LogP contribution in [0.15, 0.2) is 18.2 Å². The van der Waals surface area contributed by atoms with Crippen LogP contribution < -0.4 is 15.4 Å². The van der Waals surface area contributed by atoms with E-state index in [2.05, 4.69) is 24.5 Å². The lowest BCUT2D eigenvalue weighted by Crippen LogP contribution is -2.37. The van der Waals surface area contributed by atoms with Gasteiger partial charge in [-0.15, -0.1) is 0 Å². The van der Waals surface area contributed by atoms with Crippen molar-refractivity contribution in [1.82, 2.24) is 5.32 Å². The van der Waals surface area contributed by atoms with Gasteiger partial charge in [-0.2, -0.15) is 0 Å². The summed E-state index contributed by atoms with van der Waals surface area (Å²) in [6.45, 7) is 4.31. The fraction of sp³-hybridized carbons (Fsp3) is 0.500. The highest BCUT2D eigenvalue weighted by atomic mass is 35.5. The van der Waals surface area contributed by atoms with Crippen molar-refractivity contribution in [1.29, 1.82) is 0 Å². The normalized spacial score (nSPS) is 10.4. The van der Waals surface area contributed by atoms with Crippen molar-refractivity contribution in [2.75, 3.05) is 19.0 Å². The van der Waals surface area contributed by atoms with E-state index in [4.69, 9.17) is 16.3 Å². The Morgan fingerprint density at radius 1 is 1.37 bits per heavy atom. The number of carbonyl (C=O) groups excluding carboxylic acids is 1. The Morgan fingerprint density at radius 3 is 2.63 bits per heavy atom. The quantitative estimate of drug-likeness (QED) is 0.809. The van der Waals surface area contributed by atoms with Gasteiger partial charge in [0.05, 0.1) is 24.4 Å². The molecule has 1 aromatic rings. The number of anilines is 1. The molecular weight excluding hydrogens is 264 g/mol. The zero-order valence-electron chi connectivity index (χ0n) is 11.6. The molecule has 0 heterocycles. The number of hydrogen-bond donors (Lipinski definition) is 2. The summed E-state index contributed by atoms with van der Waals surface area (Å²) in [7, 11) is 1.59. The fourth-order valence-corrected chi connectivity index (χ4v) is 1.90. The molecule has 0 saturated heterocycles. The molecule has 0 unspecified atom stereocenters. The molecule has 4 nitrogen and oxygen atoms in total. The lowest BCUT2D eigenvalue weighted by atomic mass is 10.2. The van der Waals surface area contributed by atoms with Crippen LogP contribution in [0.1, 0.15) is 26.7 Å². The summed E-state index contributed by atoms with van der Waals surface area (Å²) >= 11 is 6.05. The van der Waals surface area contributed by atoms with Crippen molar-refractivity contribution in [2.24, 2.45) is 0 Å². The van der Waals surface area contributed by atoms with Crippen molar-refractivity contribution in [2.45, 2.75) is 32.7 Å². The van der Waals surface area contributed by atoms with Crippen molar-refractivity contribution in [3.63, 3.8) is 0 Å². The van der Waals surface area contributed by atoms with Gasteiger partial charge in [0.25, 0.3) is 0 Å². The fourth-order valence-electron chi connectivity index (χ4n) is 1.71. The Bertz CT molecular complexity index is 420. The van der Waals surface area contributed by atoms with Crippen LogP contribution in [-0.2, 0) is 4.79 Å². The minimum Gasteiger partial charge on any atom is -0.497 e. The van der Waals surface area contributed by atoms with Crippen LogP contribution in [0, 0.1) is 0 Å². The summed E-state index contributed by atoms with van der Waals surface area (Å²) in [6, 6.07) is 5.52. The van der Waals surface area contributed by atoms with Crippen LogP contribution >= 0.6 is 11.6 Å². The smallest absolute Gasteiger partial charge is 0.239 e. The van der Waals surface area contributed by atoms with E-state index in [1.165, 1.54) is 0 Å². The largest absolute Gasteiger partial charge is 0.497 e. The highest BCUT2D eigenvalue weighted by Gasteiger charge is 2.09. The van der Waals surface area contributed by atoms with E-state index in [-0.39, 0.29) is 18.5 Å². The second kappa shape index (κ2) is 7.89. The number of nitrogens with one attached hydrogen (secondary N) is 2. The molecule has 0 atom stereocenters. The number of halogens is 1. The summed E-state index contributed by atoms with van der Waals surface area (Å²) in [5.74, 6) is 0.667. The first-order valence-electron chi connectivity index (χ1n) is 6.47. The molecule has 0 aromatic heterocycles. The van der Waals surface area contributed by atoms with E-state index < -0.39 is 0 Å². The lowest BCUT2D eigenvalue weighted by Gasteiger charge is -2.15. The number of carbonyl (C=O) groups is 1. The predicted molar refractivity (Wildman–Crippen MR) is 79.0 cm³/mol. The van der Waals surface area contributed by atoms with Crippen LogP contribution in [0.5, 0.6) is 5.75 Å². The zero-order valence-corrected chi connectivity index (χ0v) is 12.4. The molecule has 19 heavy (non-hydrogen) atoms. The van der Waals surface area contributed by atoms with Gasteiger partial charge in [-0.3, -0.25) is 4.79 Å². The average molecular weight is 285 g/mol. The van der Waals surface area contributed by atoms with Gasteiger partial charge in [-0.1, -0.05) is 25.4 Å². The molecule has 0 aliphatic carbocycles. The average Bonchev–Trinajstić information content (AvgIpc) is 2.43. The molecule has 106 valence electrons. The van der Waals surface area contributed by atoms with Gasteiger partial charge in [0.2, 0.25) is 5.91 Å². The number of benzene rings is 1. The minimum absolute atomic E-state index is 0.0346. The molecule has 1 amide bonds. The Balaban J connectivity index is 2.54. The van der Waals surface area contributed by atoms with Gasteiger partial charge in [0, 0.05) is 12.1 Å². The summed E-state index contributed by atoms with van der Waals surface area (Å²) < 4.78 is 5.12. The van der Waals surface area contributed by atoms with Crippen LogP contribution in [-0.4, -0.2) is 25.6 Å². The van der Waals surface area contributed by atoms with Crippen LogP contribution in [0.4, 0.5) is 5.69 Å². The molecule has 0 bridgehead atoms. The molecule has 0 saturated carbocycles. The second-order valence-electron chi connectivity index (χ2n) is 4.28. The number of hydrogen-bond acceptors (Lipinski definition) is 3. The van der Waals surface area contributed by atoms with Gasteiger partial charge in [0.15, 0.2) is 0 Å². The SMILES string of the molecule is CCC(CC)NC(=O)CNc1cc(OC)ccc1Cl. The van der Waals surface area contributed by atoms with Gasteiger partial charge in [-0.05, 0) is 25.0 Å². The minimum atomic E-state index is -0.0346. The van der Waals surface area contributed by atoms with Crippen molar-refractivity contribution < 1.29 is 9.53 Å². The molecule has 2 N–H and O–H groups in total. The van der Waals surface area contributed by atoms with E-state index in [1.54, 1.807) is 25.3 Å². The Hall–Kier alpha value is -1.42. The van der Waals surface area contributed by atoms with E-state index in [0.29, 0.717) is 16.5 Å². The molecule has 0 aliphatic heterocycles. The van der Waals surface area contributed by atoms with Gasteiger partial charge in [0.1, 0.15) is 5.75 Å². The van der Waals surface area contributed by atoms with Crippen molar-refractivity contribution >= 4 is 23.2 Å². The maximum absolute atomic E-state index is 11.8. The maximum atomic E-state index is 11.8. The first-order valence-corrected chi connectivity index (χ1v) is 6.85. The van der Waals surface area contributed by atoms with Gasteiger partial charge >= 0.3 is 0 Å². The van der Waals surface area contributed by atoms with E-state index in [9.17, 15) is 4.79 Å². The first-order chi connectivity index (χ1) is 9.10.